The summed E-state index contributed by atoms with van der Waals surface area (Å²) in [4.78, 5) is 43.5. The van der Waals surface area contributed by atoms with Gasteiger partial charge in [0.25, 0.3) is 0 Å². The number of rotatable bonds is 15. The highest BCUT2D eigenvalue weighted by Crippen LogP contribution is 2.50. The molecule has 3 amide bonds. The molecular weight excluding hydrogens is 677 g/mol. The van der Waals surface area contributed by atoms with E-state index in [2.05, 4.69) is 52.2 Å². The van der Waals surface area contributed by atoms with E-state index in [4.69, 9.17) is 0 Å². The summed E-state index contributed by atoms with van der Waals surface area (Å²) in [6.45, 7) is 16.8. The Balaban J connectivity index is 1.35. The van der Waals surface area contributed by atoms with Gasteiger partial charge in [-0.3, -0.25) is 23.9 Å². The first-order chi connectivity index (χ1) is 23.3. The lowest BCUT2D eigenvalue weighted by Crippen LogP contribution is -2.61. The Kier molecular flexibility index (Phi) is 12.5. The van der Waals surface area contributed by atoms with Crippen LogP contribution in [0.5, 0.6) is 0 Å². The molecule has 0 aromatic carbocycles. The lowest BCUT2D eigenvalue weighted by atomic mass is 9.78. The van der Waals surface area contributed by atoms with Gasteiger partial charge in [-0.1, -0.05) is 52.3 Å². The Hall–Kier alpha value is -2.09. The smallest absolute Gasteiger partial charge is 0.250 e. The van der Waals surface area contributed by atoms with Crippen molar-refractivity contribution in [2.75, 3.05) is 30.3 Å². The molecule has 13 heteroatoms. The molecule has 3 aliphatic heterocycles. The summed E-state index contributed by atoms with van der Waals surface area (Å²) in [5.41, 5.74) is -0.134. The number of hydrogen-bond acceptors (Lipinski definition) is 9. The molecule has 5 N–H and O–H groups in total. The minimum Gasteiger partial charge on any atom is -0.366 e. The molecule has 3 heterocycles. The third-order valence-electron chi connectivity index (χ3n) is 10.7. The Bertz CT molecular complexity index is 1380. The average molecular weight is 735 g/mol. The zero-order chi connectivity index (χ0) is 35.4. The second-order valence-corrected chi connectivity index (χ2v) is 20.9. The van der Waals surface area contributed by atoms with Crippen LogP contribution in [-0.2, 0) is 23.9 Å². The Morgan fingerprint density at radius 3 is 2.29 bits per heavy atom. The van der Waals surface area contributed by atoms with E-state index in [0.29, 0.717) is 31.1 Å². The van der Waals surface area contributed by atoms with Gasteiger partial charge in [0, 0.05) is 36.9 Å². The summed E-state index contributed by atoms with van der Waals surface area (Å²) in [5, 5.41) is 16.3. The summed E-state index contributed by atoms with van der Waals surface area (Å²) in [7, 11) is -2.22. The van der Waals surface area contributed by atoms with Crippen LogP contribution < -0.4 is 26.6 Å². The fourth-order valence-electron chi connectivity index (χ4n) is 7.98. The maximum absolute atomic E-state index is 14.7. The molecule has 5 aliphatic rings. The molecule has 5 unspecified atom stereocenters. The van der Waals surface area contributed by atoms with Crippen molar-refractivity contribution in [1.82, 2.24) is 31.5 Å². The van der Waals surface area contributed by atoms with Gasteiger partial charge in [-0.15, -0.1) is 30.1 Å². The van der Waals surface area contributed by atoms with Gasteiger partial charge >= 0.3 is 0 Å². The Labute approximate surface area is 302 Å². The second-order valence-electron chi connectivity index (χ2n) is 14.9. The summed E-state index contributed by atoms with van der Waals surface area (Å²) in [6.07, 6.45) is 11.3. The van der Waals surface area contributed by atoms with Crippen molar-refractivity contribution in [2.45, 2.75) is 124 Å². The quantitative estimate of drug-likeness (QED) is 0.0744. The number of nitrogens with zero attached hydrogens (tertiary/aromatic N) is 1. The predicted molar refractivity (Wildman–Crippen MR) is 206 cm³/mol. The standard InChI is InChI=1S/C36H58N6O4S3/c1-7-18-37-32(43)25(4)31(39-27-14-15-27)40-33(44)28-22-36(47-19-12-20-48-36)23-42(28)34(45)30(24(2)3)38-26(5)41-35(16-9-8-10-17-35)29-13-11-21-49(29,6)46/h7,24,27-31,38-39,41H,1,4-6,8-23H2,2-3H3,(H,37,43)(H,40,44). The van der Waals surface area contributed by atoms with Crippen LogP contribution in [0.3, 0.4) is 0 Å². The summed E-state index contributed by atoms with van der Waals surface area (Å²) < 4.78 is 13.3. The number of nitrogens with one attached hydrogen (secondary N) is 5. The lowest BCUT2D eigenvalue weighted by Gasteiger charge is -2.45. The fourth-order valence-corrected chi connectivity index (χ4v) is 14.0. The molecule has 49 heavy (non-hydrogen) atoms. The first-order valence-corrected chi connectivity index (χ1v) is 22.0. The maximum Gasteiger partial charge on any atom is 0.250 e. The van der Waals surface area contributed by atoms with Crippen molar-refractivity contribution in [3.8, 4) is 0 Å². The van der Waals surface area contributed by atoms with Crippen molar-refractivity contribution in [2.24, 2.45) is 5.92 Å². The number of carbonyl (C=O) groups excluding carboxylic acids is 3. The van der Waals surface area contributed by atoms with Crippen LogP contribution in [0.4, 0.5) is 0 Å². The monoisotopic (exact) mass is 734 g/mol. The van der Waals surface area contributed by atoms with Crippen LogP contribution in [0, 0.1) is 5.92 Å². The van der Waals surface area contributed by atoms with Crippen molar-refractivity contribution >= 4 is 56.6 Å². The highest BCUT2D eigenvalue weighted by Gasteiger charge is 2.52. The van der Waals surface area contributed by atoms with Crippen LogP contribution in [0.2, 0.25) is 0 Å². The highest BCUT2D eigenvalue weighted by atomic mass is 32.2. The van der Waals surface area contributed by atoms with Crippen molar-refractivity contribution in [1.29, 1.82) is 0 Å². The van der Waals surface area contributed by atoms with Crippen LogP contribution in [-0.4, -0.2) is 102 Å². The molecule has 2 aliphatic carbocycles. The lowest BCUT2D eigenvalue weighted by molar-refractivity contribution is -0.141. The Morgan fingerprint density at radius 1 is 1.00 bits per heavy atom. The van der Waals surface area contributed by atoms with Crippen molar-refractivity contribution < 1.29 is 18.6 Å². The molecule has 1 spiro atoms. The molecule has 2 saturated carbocycles. The zero-order valence-corrected chi connectivity index (χ0v) is 31.9. The van der Waals surface area contributed by atoms with E-state index in [1.807, 2.05) is 37.4 Å². The second kappa shape index (κ2) is 16.1. The molecule has 0 bridgehead atoms. The molecule has 5 rings (SSSR count). The first kappa shape index (κ1) is 38.1. The molecule has 0 aromatic heterocycles. The topological polar surface area (TPSA) is 132 Å². The van der Waals surface area contributed by atoms with E-state index in [1.54, 1.807) is 11.0 Å². The fraction of sp³-hybridized carbons (Fsp3) is 0.722. The average Bonchev–Trinajstić information content (AvgIpc) is 3.71. The summed E-state index contributed by atoms with van der Waals surface area (Å²) >= 11 is 3.69. The molecular formula is C36H58N6O4S3. The van der Waals surface area contributed by atoms with Crippen LogP contribution in [0.25, 0.3) is 0 Å². The van der Waals surface area contributed by atoms with Gasteiger partial charge in [-0.05, 0) is 77.8 Å². The number of thioether (sulfide) groups is 2. The number of amides is 3. The molecule has 274 valence electrons. The van der Waals surface area contributed by atoms with Gasteiger partial charge in [0.05, 0.1) is 20.7 Å². The van der Waals surface area contributed by atoms with E-state index >= 15 is 0 Å². The third kappa shape index (κ3) is 9.05. The molecule has 5 fully saturated rings. The van der Waals surface area contributed by atoms with E-state index < -0.39 is 27.8 Å². The van der Waals surface area contributed by atoms with E-state index in [-0.39, 0.29) is 50.1 Å². The highest BCUT2D eigenvalue weighted by molar-refractivity contribution is 8.18. The number of carbonyl (C=O) groups is 3. The molecule has 0 radical (unpaired) electrons. The van der Waals surface area contributed by atoms with Crippen LogP contribution in [0.1, 0.15) is 84.5 Å². The summed E-state index contributed by atoms with van der Waals surface area (Å²) in [5.74, 6) is 6.49. The molecule has 0 aromatic rings. The van der Waals surface area contributed by atoms with Crippen LogP contribution >= 0.6 is 23.5 Å². The van der Waals surface area contributed by atoms with Crippen molar-refractivity contribution in [3.05, 3.63) is 37.2 Å². The zero-order valence-electron chi connectivity index (χ0n) is 29.5. The Morgan fingerprint density at radius 2 is 1.69 bits per heavy atom. The van der Waals surface area contributed by atoms with Gasteiger partial charge in [0.15, 0.2) is 0 Å². The number of hydrogen-bond donors (Lipinski definition) is 5. The minimum absolute atomic E-state index is 0.0234. The van der Waals surface area contributed by atoms with Crippen molar-refractivity contribution in [3.63, 3.8) is 0 Å². The van der Waals surface area contributed by atoms with Gasteiger partial charge < -0.3 is 26.2 Å². The first-order valence-electron chi connectivity index (χ1n) is 18.1. The normalized spacial score (nSPS) is 28.8. The van der Waals surface area contributed by atoms with Gasteiger partial charge in [0.2, 0.25) is 17.7 Å². The van der Waals surface area contributed by atoms with E-state index in [1.165, 1.54) is 0 Å². The molecule has 10 nitrogen and oxygen atoms in total. The molecule has 5 atom stereocenters. The minimum atomic E-state index is -2.22. The van der Waals surface area contributed by atoms with E-state index in [0.717, 1.165) is 75.7 Å². The largest absolute Gasteiger partial charge is 0.366 e. The van der Waals surface area contributed by atoms with Crippen LogP contribution in [0.15, 0.2) is 37.2 Å². The van der Waals surface area contributed by atoms with E-state index in [9.17, 15) is 18.6 Å². The van der Waals surface area contributed by atoms with Gasteiger partial charge in [-0.25, -0.2) is 0 Å². The number of likely N-dealkylation sites (tertiary alicyclic amines) is 1. The summed E-state index contributed by atoms with van der Waals surface area (Å²) in [6, 6.07) is -1.13. The van der Waals surface area contributed by atoms with Gasteiger partial charge in [-0.2, -0.15) is 0 Å². The SMILES string of the molecule is C=CCNC(=O)C(=C)C(NC(=O)C1CC2(CN1C(=O)C(NC(=C)NC1(C3CCCS3(=C)=O)CCCCC1)C(C)C)SCCCS2)NC1CC1. The maximum atomic E-state index is 14.7. The third-order valence-corrected chi connectivity index (χ3v) is 16.7. The molecule has 3 saturated heterocycles. The van der Waals surface area contributed by atoms with Gasteiger partial charge in [0.1, 0.15) is 18.2 Å². The predicted octanol–water partition coefficient (Wildman–Crippen LogP) is 3.46.